The molecule has 1 aliphatic rings. The van der Waals surface area contributed by atoms with Crippen molar-refractivity contribution in [1.82, 2.24) is 9.55 Å². The lowest BCUT2D eigenvalue weighted by Crippen LogP contribution is -2.24. The Bertz CT molecular complexity index is 1600. The average Bonchev–Trinajstić information content (AvgIpc) is 3.21. The molecular weight excluding hydrogens is 578 g/mol. The summed E-state index contributed by atoms with van der Waals surface area (Å²) in [7, 11) is 0. The quantitative estimate of drug-likeness (QED) is 0.190. The summed E-state index contributed by atoms with van der Waals surface area (Å²) in [5, 5.41) is 3.33. The van der Waals surface area contributed by atoms with E-state index in [-0.39, 0.29) is 22.5 Å². The number of hydrogen-bond donors (Lipinski definition) is 1. The highest BCUT2D eigenvalue weighted by Gasteiger charge is 2.34. The van der Waals surface area contributed by atoms with Gasteiger partial charge in [0.25, 0.3) is 5.56 Å². The smallest absolute Gasteiger partial charge is 0.325 e. The van der Waals surface area contributed by atoms with Gasteiger partial charge < -0.3 is 5.32 Å². The number of thioether (sulfide) groups is 1. The van der Waals surface area contributed by atoms with E-state index in [9.17, 15) is 22.8 Å². The van der Waals surface area contributed by atoms with Gasteiger partial charge in [-0.25, -0.2) is 4.98 Å². The normalized spacial score (nSPS) is 15.5. The molecule has 0 radical (unpaired) electrons. The second-order valence-electron chi connectivity index (χ2n) is 9.07. The van der Waals surface area contributed by atoms with Gasteiger partial charge in [0.1, 0.15) is 4.83 Å². The molecule has 0 bridgehead atoms. The van der Waals surface area contributed by atoms with E-state index >= 15 is 0 Å². The van der Waals surface area contributed by atoms with Crippen molar-refractivity contribution >= 4 is 68.1 Å². The number of fused-ring (bicyclic) bond motifs is 3. The number of halogens is 5. The van der Waals surface area contributed by atoms with Crippen molar-refractivity contribution in [2.45, 2.75) is 37.5 Å². The molecular formula is C26H20Cl2F3N3O2S2. The topological polar surface area (TPSA) is 64.0 Å². The third kappa shape index (κ3) is 5.45. The van der Waals surface area contributed by atoms with Gasteiger partial charge in [-0.3, -0.25) is 14.2 Å². The Morgan fingerprint density at radius 2 is 1.95 bits per heavy atom. The fourth-order valence-corrected chi connectivity index (χ4v) is 7.01. The Hall–Kier alpha value is -2.53. The van der Waals surface area contributed by atoms with Gasteiger partial charge in [0.2, 0.25) is 5.91 Å². The number of alkyl halides is 3. The van der Waals surface area contributed by atoms with Crippen LogP contribution in [0.4, 0.5) is 18.9 Å². The summed E-state index contributed by atoms with van der Waals surface area (Å²) in [6.07, 6.45) is -2.27. The third-order valence-electron chi connectivity index (χ3n) is 6.27. The van der Waals surface area contributed by atoms with Crippen molar-refractivity contribution in [3.05, 3.63) is 78.9 Å². The van der Waals surface area contributed by atoms with Crippen LogP contribution in [0.1, 0.15) is 29.3 Å². The predicted molar refractivity (Wildman–Crippen MR) is 147 cm³/mol. The lowest BCUT2D eigenvalue weighted by Gasteiger charge is -2.18. The Morgan fingerprint density at radius 1 is 1.21 bits per heavy atom. The Labute approximate surface area is 234 Å². The van der Waals surface area contributed by atoms with E-state index in [0.29, 0.717) is 33.3 Å². The molecule has 198 valence electrons. The maximum Gasteiger partial charge on any atom is 0.417 e. The number of aryl methyl sites for hydroxylation is 1. The number of carbonyl (C=O) groups is 1. The number of carbonyl (C=O) groups excluding carboxylic acids is 1. The Morgan fingerprint density at radius 3 is 2.66 bits per heavy atom. The van der Waals surface area contributed by atoms with Crippen LogP contribution in [-0.4, -0.2) is 21.2 Å². The number of anilines is 1. The maximum absolute atomic E-state index is 13.9. The number of thiophene rings is 1. The van der Waals surface area contributed by atoms with Crippen molar-refractivity contribution in [2.75, 3.05) is 11.1 Å². The average molecular weight is 598 g/mol. The molecule has 2 heterocycles. The molecule has 1 aliphatic carbocycles. The second kappa shape index (κ2) is 10.6. The highest BCUT2D eigenvalue weighted by atomic mass is 35.5. The first-order chi connectivity index (χ1) is 18.0. The molecule has 1 atom stereocenters. The molecule has 12 heteroatoms. The van der Waals surface area contributed by atoms with E-state index in [4.69, 9.17) is 23.2 Å². The highest BCUT2D eigenvalue weighted by molar-refractivity contribution is 7.99. The largest absolute Gasteiger partial charge is 0.417 e. The molecule has 2 aromatic carbocycles. The molecule has 1 unspecified atom stereocenters. The minimum Gasteiger partial charge on any atom is -0.325 e. The van der Waals surface area contributed by atoms with Gasteiger partial charge in [0.05, 0.1) is 27.4 Å². The van der Waals surface area contributed by atoms with Gasteiger partial charge >= 0.3 is 6.18 Å². The van der Waals surface area contributed by atoms with Gasteiger partial charge in [-0.15, -0.1) is 11.3 Å². The maximum atomic E-state index is 13.9. The highest BCUT2D eigenvalue weighted by Crippen LogP contribution is 2.39. The van der Waals surface area contributed by atoms with Crippen molar-refractivity contribution in [1.29, 1.82) is 0 Å². The molecule has 0 aliphatic heterocycles. The molecule has 2 aromatic heterocycles. The first kappa shape index (κ1) is 27.1. The molecule has 1 amide bonds. The van der Waals surface area contributed by atoms with E-state index in [0.717, 1.165) is 51.7 Å². The van der Waals surface area contributed by atoms with E-state index in [1.165, 1.54) is 17.4 Å². The summed E-state index contributed by atoms with van der Waals surface area (Å²) in [6.45, 7) is 2.14. The van der Waals surface area contributed by atoms with Crippen LogP contribution in [-0.2, 0) is 23.8 Å². The number of hydrogen-bond acceptors (Lipinski definition) is 5. The Balaban J connectivity index is 1.58. The van der Waals surface area contributed by atoms with Crippen molar-refractivity contribution in [2.24, 2.45) is 5.92 Å². The van der Waals surface area contributed by atoms with Gasteiger partial charge in [-0.2, -0.15) is 13.2 Å². The van der Waals surface area contributed by atoms with Crippen LogP contribution in [0.3, 0.4) is 0 Å². The number of aromatic nitrogens is 2. The monoisotopic (exact) mass is 597 g/mol. The zero-order valence-corrected chi connectivity index (χ0v) is 23.0. The summed E-state index contributed by atoms with van der Waals surface area (Å²) in [5.74, 6) is -0.0269. The minimum absolute atomic E-state index is 0.0224. The lowest BCUT2D eigenvalue weighted by molar-refractivity contribution is -0.137. The molecule has 0 spiro atoms. The number of nitrogens with one attached hydrogen (secondary N) is 1. The van der Waals surface area contributed by atoms with Crippen LogP contribution < -0.4 is 10.9 Å². The Kier molecular flexibility index (Phi) is 7.52. The molecule has 0 saturated carbocycles. The summed E-state index contributed by atoms with van der Waals surface area (Å²) in [4.78, 5) is 32.8. The number of rotatable bonds is 5. The molecule has 5 nitrogen and oxygen atoms in total. The van der Waals surface area contributed by atoms with Crippen LogP contribution in [0.2, 0.25) is 10.0 Å². The number of amides is 1. The van der Waals surface area contributed by atoms with Gasteiger partial charge in [-0.1, -0.05) is 41.9 Å². The van der Waals surface area contributed by atoms with Crippen LogP contribution in [0.5, 0.6) is 0 Å². The SMILES string of the molecule is CC1CCc2c(sc3nc(SCC(=O)Nc4ccc(Cl)cc4)n(-c4ccc(Cl)c(C(F)(F)F)c4)c(=O)c23)C1. The summed E-state index contributed by atoms with van der Waals surface area (Å²) < 4.78 is 42.1. The molecule has 5 rings (SSSR count). The van der Waals surface area contributed by atoms with Crippen molar-refractivity contribution in [3.8, 4) is 5.69 Å². The van der Waals surface area contributed by atoms with Crippen molar-refractivity contribution in [3.63, 3.8) is 0 Å². The summed E-state index contributed by atoms with van der Waals surface area (Å²) in [6, 6.07) is 9.87. The zero-order chi connectivity index (χ0) is 27.2. The van der Waals surface area contributed by atoms with E-state index in [2.05, 4.69) is 17.2 Å². The molecule has 38 heavy (non-hydrogen) atoms. The summed E-state index contributed by atoms with van der Waals surface area (Å²) in [5.41, 5.74) is -0.0880. The van der Waals surface area contributed by atoms with E-state index in [1.54, 1.807) is 24.3 Å². The van der Waals surface area contributed by atoms with Gasteiger partial charge in [0, 0.05) is 15.6 Å². The van der Waals surface area contributed by atoms with Gasteiger partial charge in [-0.05, 0) is 73.2 Å². The standard InChI is InChI=1S/C26H20Cl2F3N3O2S2/c1-13-2-8-17-20(10-13)38-23-22(17)24(36)34(16-7-9-19(28)18(11-16)26(29,30)31)25(33-23)37-12-21(35)32-15-5-3-14(27)4-6-15/h3-7,9,11,13H,2,8,10,12H2,1H3,(H,32,35). The molecule has 0 saturated heterocycles. The summed E-state index contributed by atoms with van der Waals surface area (Å²) >= 11 is 14.1. The minimum atomic E-state index is -4.71. The number of nitrogens with zero attached hydrogens (tertiary/aromatic N) is 2. The van der Waals surface area contributed by atoms with Crippen LogP contribution >= 0.6 is 46.3 Å². The van der Waals surface area contributed by atoms with Crippen molar-refractivity contribution < 1.29 is 18.0 Å². The van der Waals surface area contributed by atoms with Gasteiger partial charge in [0.15, 0.2) is 5.16 Å². The predicted octanol–water partition coefficient (Wildman–Crippen LogP) is 7.63. The lowest BCUT2D eigenvalue weighted by atomic mass is 9.89. The van der Waals surface area contributed by atoms with Crippen LogP contribution in [0.15, 0.2) is 52.4 Å². The number of benzene rings is 2. The third-order valence-corrected chi connectivity index (χ3v) is 8.94. The first-order valence-electron chi connectivity index (χ1n) is 11.6. The molecule has 1 N–H and O–H groups in total. The fraction of sp³-hybridized carbons (Fsp3) is 0.269. The van der Waals surface area contributed by atoms with Crippen LogP contribution in [0.25, 0.3) is 15.9 Å². The van der Waals surface area contributed by atoms with Crippen LogP contribution in [0, 0.1) is 5.92 Å². The second-order valence-corrected chi connectivity index (χ2v) is 11.9. The fourth-order valence-electron chi connectivity index (χ4n) is 4.43. The zero-order valence-electron chi connectivity index (χ0n) is 19.9. The first-order valence-corrected chi connectivity index (χ1v) is 14.2. The molecule has 4 aromatic rings. The van der Waals surface area contributed by atoms with E-state index in [1.807, 2.05) is 0 Å². The van der Waals surface area contributed by atoms with E-state index < -0.39 is 22.3 Å². The molecule has 0 fully saturated rings.